The summed E-state index contributed by atoms with van der Waals surface area (Å²) in [5.74, 6) is 0. The number of hydrogen-bond donors (Lipinski definition) is 1. The number of nitrogens with zero attached hydrogens (tertiary/aromatic N) is 2. The van der Waals surface area contributed by atoms with Gasteiger partial charge in [-0.05, 0) is 24.7 Å². The largest absolute Gasteiger partial charge is 0.399 e. The van der Waals surface area contributed by atoms with Crippen molar-refractivity contribution in [3.8, 4) is 11.3 Å². The van der Waals surface area contributed by atoms with E-state index in [1.54, 1.807) is 11.3 Å². The van der Waals surface area contributed by atoms with Gasteiger partial charge in [0.2, 0.25) is 0 Å². The van der Waals surface area contributed by atoms with Crippen molar-refractivity contribution in [1.29, 1.82) is 0 Å². The van der Waals surface area contributed by atoms with Crippen LogP contribution in [-0.2, 0) is 13.0 Å². The molecule has 0 fully saturated rings. The molecule has 0 saturated carbocycles. The summed E-state index contributed by atoms with van der Waals surface area (Å²) in [6.45, 7) is 1.97. The summed E-state index contributed by atoms with van der Waals surface area (Å²) in [4.78, 5) is 7.07. The number of benzene rings is 2. The molecular weight excluding hydrogens is 302 g/mol. The van der Waals surface area contributed by atoms with Gasteiger partial charge in [-0.3, -0.25) is 0 Å². The molecule has 2 aromatic carbocycles. The normalized spacial score (nSPS) is 11.0. The second-order valence-electron chi connectivity index (χ2n) is 5.72. The Morgan fingerprint density at radius 1 is 1.04 bits per heavy atom. The molecule has 4 heteroatoms. The lowest BCUT2D eigenvalue weighted by Crippen LogP contribution is -2.20. The van der Waals surface area contributed by atoms with E-state index in [2.05, 4.69) is 47.7 Å². The Labute approximate surface area is 141 Å². The third-order valence-corrected chi connectivity index (χ3v) is 4.67. The van der Waals surface area contributed by atoms with Crippen LogP contribution in [0.4, 0.5) is 5.69 Å². The van der Waals surface area contributed by atoms with Crippen molar-refractivity contribution < 1.29 is 0 Å². The number of likely N-dealkylation sites (N-methyl/N-ethyl adjacent to an activating group) is 1. The summed E-state index contributed by atoms with van der Waals surface area (Å²) >= 11 is 1.73. The molecule has 0 atom stereocenters. The van der Waals surface area contributed by atoms with Crippen LogP contribution in [0.15, 0.2) is 60.0 Å². The van der Waals surface area contributed by atoms with E-state index < -0.39 is 0 Å². The Bertz CT molecular complexity index is 735. The minimum Gasteiger partial charge on any atom is -0.399 e. The Kier molecular flexibility index (Phi) is 5.05. The number of nitrogen functional groups attached to an aromatic ring is 1. The molecule has 0 bridgehead atoms. The van der Waals surface area contributed by atoms with E-state index in [1.165, 1.54) is 10.6 Å². The van der Waals surface area contributed by atoms with Crippen LogP contribution in [-0.4, -0.2) is 23.5 Å². The first-order valence-corrected chi connectivity index (χ1v) is 8.61. The van der Waals surface area contributed by atoms with Crippen molar-refractivity contribution in [3.05, 3.63) is 70.5 Å². The molecule has 0 radical (unpaired) electrons. The zero-order chi connectivity index (χ0) is 16.1. The first kappa shape index (κ1) is 15.7. The number of anilines is 1. The highest BCUT2D eigenvalue weighted by atomic mass is 32.1. The van der Waals surface area contributed by atoms with Crippen LogP contribution in [0, 0.1) is 0 Å². The fourth-order valence-corrected chi connectivity index (χ4v) is 3.27. The summed E-state index contributed by atoms with van der Waals surface area (Å²) in [7, 11) is 2.15. The summed E-state index contributed by atoms with van der Waals surface area (Å²) in [6, 6.07) is 18.4. The first-order chi connectivity index (χ1) is 11.2. The predicted molar refractivity (Wildman–Crippen MR) is 98.4 cm³/mol. The second kappa shape index (κ2) is 7.40. The highest BCUT2D eigenvalue weighted by molar-refractivity contribution is 7.09. The standard InChI is InChI=1S/C19H21N3S/c1-22(13-15-5-3-2-4-6-15)12-11-19-21-18(14-23-19)16-7-9-17(20)10-8-16/h2-10,14H,11-13,20H2,1H3. The molecule has 0 aliphatic carbocycles. The highest BCUT2D eigenvalue weighted by Gasteiger charge is 2.06. The van der Waals surface area contributed by atoms with Gasteiger partial charge in [-0.1, -0.05) is 42.5 Å². The van der Waals surface area contributed by atoms with Crippen LogP contribution in [0.5, 0.6) is 0 Å². The molecule has 0 aliphatic rings. The Balaban J connectivity index is 1.56. The Morgan fingerprint density at radius 3 is 2.52 bits per heavy atom. The van der Waals surface area contributed by atoms with E-state index in [4.69, 9.17) is 10.7 Å². The molecule has 0 spiro atoms. The maximum absolute atomic E-state index is 5.73. The molecule has 0 amide bonds. The number of nitrogens with two attached hydrogens (primary N) is 1. The van der Waals surface area contributed by atoms with Crippen molar-refractivity contribution in [2.24, 2.45) is 0 Å². The van der Waals surface area contributed by atoms with Crippen LogP contribution in [0.25, 0.3) is 11.3 Å². The van der Waals surface area contributed by atoms with E-state index in [0.29, 0.717) is 0 Å². The molecule has 1 aromatic heterocycles. The van der Waals surface area contributed by atoms with Crippen LogP contribution in [0.1, 0.15) is 10.6 Å². The van der Waals surface area contributed by atoms with Gasteiger partial charge in [-0.15, -0.1) is 11.3 Å². The lowest BCUT2D eigenvalue weighted by molar-refractivity contribution is 0.331. The molecule has 2 N–H and O–H groups in total. The van der Waals surface area contributed by atoms with Gasteiger partial charge in [0.25, 0.3) is 0 Å². The minimum absolute atomic E-state index is 0.784. The number of aromatic nitrogens is 1. The average molecular weight is 323 g/mol. The Hall–Kier alpha value is -2.17. The van der Waals surface area contributed by atoms with Crippen LogP contribution < -0.4 is 5.73 Å². The number of thiazole rings is 1. The maximum atomic E-state index is 5.73. The van der Waals surface area contributed by atoms with E-state index in [-0.39, 0.29) is 0 Å². The molecule has 0 unspecified atom stereocenters. The molecule has 0 aliphatic heterocycles. The van der Waals surface area contributed by atoms with E-state index in [0.717, 1.165) is 36.5 Å². The monoisotopic (exact) mass is 323 g/mol. The molecule has 3 aromatic rings. The molecule has 3 nitrogen and oxygen atoms in total. The summed E-state index contributed by atoms with van der Waals surface area (Å²) in [5.41, 5.74) is 10.0. The van der Waals surface area contributed by atoms with Crippen molar-refractivity contribution in [2.45, 2.75) is 13.0 Å². The van der Waals surface area contributed by atoms with Gasteiger partial charge in [0.15, 0.2) is 0 Å². The first-order valence-electron chi connectivity index (χ1n) is 7.73. The topological polar surface area (TPSA) is 42.2 Å². The average Bonchev–Trinajstić information content (AvgIpc) is 3.04. The maximum Gasteiger partial charge on any atom is 0.0945 e. The third-order valence-electron chi connectivity index (χ3n) is 3.76. The van der Waals surface area contributed by atoms with Crippen molar-refractivity contribution >= 4 is 17.0 Å². The lowest BCUT2D eigenvalue weighted by atomic mass is 10.1. The van der Waals surface area contributed by atoms with Gasteiger partial charge in [0.05, 0.1) is 10.7 Å². The fourth-order valence-electron chi connectivity index (χ4n) is 2.47. The zero-order valence-electron chi connectivity index (χ0n) is 13.3. The summed E-state index contributed by atoms with van der Waals surface area (Å²) < 4.78 is 0. The van der Waals surface area contributed by atoms with Gasteiger partial charge in [0.1, 0.15) is 0 Å². The molecule has 0 saturated heterocycles. The minimum atomic E-state index is 0.784. The highest BCUT2D eigenvalue weighted by Crippen LogP contribution is 2.23. The van der Waals surface area contributed by atoms with Crippen molar-refractivity contribution in [1.82, 2.24) is 9.88 Å². The lowest BCUT2D eigenvalue weighted by Gasteiger charge is -2.15. The quantitative estimate of drug-likeness (QED) is 0.695. The van der Waals surface area contributed by atoms with Gasteiger partial charge >= 0.3 is 0 Å². The van der Waals surface area contributed by atoms with Crippen LogP contribution >= 0.6 is 11.3 Å². The zero-order valence-corrected chi connectivity index (χ0v) is 14.1. The molecule has 1 heterocycles. The Morgan fingerprint density at radius 2 is 1.78 bits per heavy atom. The smallest absolute Gasteiger partial charge is 0.0945 e. The van der Waals surface area contributed by atoms with Gasteiger partial charge < -0.3 is 10.6 Å². The van der Waals surface area contributed by atoms with Gasteiger partial charge in [-0.25, -0.2) is 4.98 Å². The van der Waals surface area contributed by atoms with Crippen LogP contribution in [0.3, 0.4) is 0 Å². The van der Waals surface area contributed by atoms with Crippen LogP contribution in [0.2, 0.25) is 0 Å². The summed E-state index contributed by atoms with van der Waals surface area (Å²) in [5, 5.41) is 3.30. The third kappa shape index (κ3) is 4.41. The molecule has 23 heavy (non-hydrogen) atoms. The predicted octanol–water partition coefficient (Wildman–Crippen LogP) is 4.07. The van der Waals surface area contributed by atoms with E-state index in [1.807, 2.05) is 24.3 Å². The van der Waals surface area contributed by atoms with Crippen molar-refractivity contribution in [3.63, 3.8) is 0 Å². The molecule has 118 valence electrons. The van der Waals surface area contributed by atoms with E-state index >= 15 is 0 Å². The van der Waals surface area contributed by atoms with E-state index in [9.17, 15) is 0 Å². The molecular formula is C19H21N3S. The van der Waals surface area contributed by atoms with Gasteiger partial charge in [0, 0.05) is 36.1 Å². The van der Waals surface area contributed by atoms with Gasteiger partial charge in [-0.2, -0.15) is 0 Å². The number of rotatable bonds is 6. The van der Waals surface area contributed by atoms with Crippen molar-refractivity contribution in [2.75, 3.05) is 19.3 Å². The summed E-state index contributed by atoms with van der Waals surface area (Å²) in [6.07, 6.45) is 0.975. The number of hydrogen-bond acceptors (Lipinski definition) is 4. The second-order valence-corrected chi connectivity index (χ2v) is 6.66. The SMILES string of the molecule is CN(CCc1nc(-c2ccc(N)cc2)cs1)Cc1ccccc1. The fraction of sp³-hybridized carbons (Fsp3) is 0.211. The molecule has 3 rings (SSSR count).